The number of amides is 1. The minimum Gasteiger partial charge on any atom is -0.481 e. The smallest absolute Gasteiger partial charge is 0.307 e. The zero-order valence-electron chi connectivity index (χ0n) is 14.2. The van der Waals surface area contributed by atoms with Crippen molar-refractivity contribution in [3.8, 4) is 0 Å². The fraction of sp³-hybridized carbons (Fsp3) is 0.389. The third kappa shape index (κ3) is 4.44. The predicted octanol–water partition coefficient (Wildman–Crippen LogP) is 3.12. The number of nitrogens with zero attached hydrogens (tertiary/aromatic N) is 2. The van der Waals surface area contributed by atoms with Gasteiger partial charge in [0.1, 0.15) is 0 Å². The average Bonchev–Trinajstić information content (AvgIpc) is 2.87. The summed E-state index contributed by atoms with van der Waals surface area (Å²) >= 11 is 0. The van der Waals surface area contributed by atoms with E-state index in [2.05, 4.69) is 24.3 Å². The molecule has 0 radical (unpaired) electrons. The molecular formula is C18H23N3O3. The lowest BCUT2D eigenvalue weighted by Crippen LogP contribution is -2.15. The van der Waals surface area contributed by atoms with Gasteiger partial charge in [-0.3, -0.25) is 14.3 Å². The number of aryl methyl sites for hydroxylation is 1. The number of aliphatic carboxylic acids is 1. The van der Waals surface area contributed by atoms with E-state index < -0.39 is 5.97 Å². The molecule has 2 aromatic rings. The maximum Gasteiger partial charge on any atom is 0.307 e. The lowest BCUT2D eigenvalue weighted by atomic mass is 10.1. The van der Waals surface area contributed by atoms with Gasteiger partial charge in [0.15, 0.2) is 0 Å². The second-order valence-corrected chi connectivity index (χ2v) is 6.23. The molecule has 0 aliphatic rings. The Kier molecular flexibility index (Phi) is 5.73. The van der Waals surface area contributed by atoms with Crippen LogP contribution in [-0.4, -0.2) is 26.8 Å². The summed E-state index contributed by atoms with van der Waals surface area (Å²) < 4.78 is 1.83. The minimum absolute atomic E-state index is 0.136. The van der Waals surface area contributed by atoms with Crippen molar-refractivity contribution in [3.63, 3.8) is 0 Å². The molecule has 1 aromatic carbocycles. The van der Waals surface area contributed by atoms with E-state index in [1.165, 1.54) is 0 Å². The summed E-state index contributed by atoms with van der Waals surface area (Å²) in [5, 5.41) is 16.0. The number of carboxylic acids is 1. The molecule has 2 rings (SSSR count). The Morgan fingerprint density at radius 2 is 2.00 bits per heavy atom. The Morgan fingerprint density at radius 1 is 1.29 bits per heavy atom. The number of carbonyl (C=O) groups is 2. The van der Waals surface area contributed by atoms with E-state index in [0.29, 0.717) is 22.7 Å². The molecule has 1 heterocycles. The number of carbonyl (C=O) groups excluding carboxylic acids is 1. The van der Waals surface area contributed by atoms with Crippen LogP contribution in [0, 0.1) is 12.8 Å². The van der Waals surface area contributed by atoms with Crippen LogP contribution < -0.4 is 5.32 Å². The van der Waals surface area contributed by atoms with E-state index in [4.69, 9.17) is 5.11 Å². The Balaban J connectivity index is 2.15. The van der Waals surface area contributed by atoms with Crippen LogP contribution in [0.15, 0.2) is 30.5 Å². The molecule has 0 aliphatic heterocycles. The van der Waals surface area contributed by atoms with E-state index in [-0.39, 0.29) is 12.3 Å². The van der Waals surface area contributed by atoms with Crippen molar-refractivity contribution in [2.75, 3.05) is 5.32 Å². The first kappa shape index (κ1) is 17.7. The molecule has 6 heteroatoms. The number of nitrogens with one attached hydrogen (secondary N) is 1. The Morgan fingerprint density at radius 3 is 2.67 bits per heavy atom. The van der Waals surface area contributed by atoms with Crippen molar-refractivity contribution >= 4 is 17.6 Å². The summed E-state index contributed by atoms with van der Waals surface area (Å²) in [5.41, 5.74) is 2.40. The third-order valence-electron chi connectivity index (χ3n) is 3.87. The van der Waals surface area contributed by atoms with Crippen molar-refractivity contribution in [2.45, 2.75) is 40.2 Å². The molecule has 0 fully saturated rings. The van der Waals surface area contributed by atoms with Crippen LogP contribution in [0.3, 0.4) is 0 Å². The number of aromatic nitrogens is 2. The maximum atomic E-state index is 12.5. The van der Waals surface area contributed by atoms with E-state index in [1.54, 1.807) is 30.5 Å². The summed E-state index contributed by atoms with van der Waals surface area (Å²) in [4.78, 5) is 23.4. The molecule has 1 aromatic heterocycles. The van der Waals surface area contributed by atoms with Crippen LogP contribution in [0.4, 0.5) is 5.69 Å². The van der Waals surface area contributed by atoms with Crippen LogP contribution in [0.25, 0.3) is 0 Å². The minimum atomic E-state index is -0.936. The summed E-state index contributed by atoms with van der Waals surface area (Å²) in [6.45, 7) is 6.93. The monoisotopic (exact) mass is 329 g/mol. The first-order chi connectivity index (χ1) is 11.4. The lowest BCUT2D eigenvalue weighted by Gasteiger charge is -2.10. The van der Waals surface area contributed by atoms with E-state index in [1.807, 2.05) is 11.6 Å². The molecular weight excluding hydrogens is 306 g/mol. The number of hydrogen-bond donors (Lipinski definition) is 2. The number of anilines is 1. The van der Waals surface area contributed by atoms with Crippen molar-refractivity contribution in [3.05, 3.63) is 47.3 Å². The van der Waals surface area contributed by atoms with Gasteiger partial charge in [-0.2, -0.15) is 5.10 Å². The number of rotatable bonds is 7. The number of hydrogen-bond acceptors (Lipinski definition) is 3. The molecule has 24 heavy (non-hydrogen) atoms. The van der Waals surface area contributed by atoms with E-state index >= 15 is 0 Å². The standard InChI is InChI=1S/C18H23N3O3/c1-12(2)8-9-21-13(3)15(11-19-21)18(24)20-16-7-5-4-6-14(16)10-17(22)23/h4-7,11-12H,8-10H2,1-3H3,(H,20,24)(H,22,23). The molecule has 128 valence electrons. The molecule has 0 spiro atoms. The summed E-state index contributed by atoms with van der Waals surface area (Å²) in [7, 11) is 0. The van der Waals surface area contributed by atoms with Gasteiger partial charge in [-0.05, 0) is 30.9 Å². The molecule has 6 nitrogen and oxygen atoms in total. The van der Waals surface area contributed by atoms with E-state index in [0.717, 1.165) is 18.7 Å². The fourth-order valence-corrected chi connectivity index (χ4v) is 2.42. The van der Waals surface area contributed by atoms with Crippen LogP contribution in [-0.2, 0) is 17.8 Å². The van der Waals surface area contributed by atoms with Crippen molar-refractivity contribution in [1.82, 2.24) is 9.78 Å². The largest absolute Gasteiger partial charge is 0.481 e. The molecule has 0 saturated heterocycles. The Hall–Kier alpha value is -2.63. The average molecular weight is 329 g/mol. The van der Waals surface area contributed by atoms with Gasteiger partial charge < -0.3 is 10.4 Å². The van der Waals surface area contributed by atoms with Gasteiger partial charge in [-0.1, -0.05) is 32.0 Å². The fourth-order valence-electron chi connectivity index (χ4n) is 2.42. The van der Waals surface area contributed by atoms with Crippen molar-refractivity contribution < 1.29 is 14.7 Å². The highest BCUT2D eigenvalue weighted by Crippen LogP contribution is 2.18. The van der Waals surface area contributed by atoms with Crippen LogP contribution in [0.2, 0.25) is 0 Å². The SMILES string of the molecule is Cc1c(C(=O)Nc2ccccc2CC(=O)O)cnn1CCC(C)C. The number of carboxylic acid groups (broad SMARTS) is 1. The van der Waals surface area contributed by atoms with Crippen LogP contribution in [0.5, 0.6) is 0 Å². The summed E-state index contributed by atoms with van der Waals surface area (Å²) in [5.74, 6) is -0.649. The van der Waals surface area contributed by atoms with Gasteiger partial charge >= 0.3 is 5.97 Å². The zero-order chi connectivity index (χ0) is 17.7. The second-order valence-electron chi connectivity index (χ2n) is 6.23. The second kappa shape index (κ2) is 7.77. The molecule has 1 amide bonds. The lowest BCUT2D eigenvalue weighted by molar-refractivity contribution is -0.136. The Bertz CT molecular complexity index is 735. The zero-order valence-corrected chi connectivity index (χ0v) is 14.2. The van der Waals surface area contributed by atoms with E-state index in [9.17, 15) is 9.59 Å². The summed E-state index contributed by atoms with van der Waals surface area (Å²) in [6, 6.07) is 6.92. The van der Waals surface area contributed by atoms with Gasteiger partial charge in [-0.25, -0.2) is 0 Å². The van der Waals surface area contributed by atoms with Crippen molar-refractivity contribution in [2.24, 2.45) is 5.92 Å². The van der Waals surface area contributed by atoms with Gasteiger partial charge in [0.2, 0.25) is 0 Å². The van der Waals surface area contributed by atoms with Gasteiger partial charge in [0, 0.05) is 17.9 Å². The highest BCUT2D eigenvalue weighted by molar-refractivity contribution is 6.05. The topological polar surface area (TPSA) is 84.2 Å². The van der Waals surface area contributed by atoms with Gasteiger partial charge in [0.25, 0.3) is 5.91 Å². The Labute approximate surface area is 141 Å². The molecule has 0 unspecified atom stereocenters. The molecule has 0 atom stereocenters. The maximum absolute atomic E-state index is 12.5. The van der Waals surface area contributed by atoms with Crippen LogP contribution in [0.1, 0.15) is 41.9 Å². The highest BCUT2D eigenvalue weighted by atomic mass is 16.4. The third-order valence-corrected chi connectivity index (χ3v) is 3.87. The van der Waals surface area contributed by atoms with Gasteiger partial charge in [0.05, 0.1) is 18.2 Å². The predicted molar refractivity (Wildman–Crippen MR) is 92.2 cm³/mol. The normalized spacial score (nSPS) is 10.8. The highest BCUT2D eigenvalue weighted by Gasteiger charge is 2.16. The molecule has 0 bridgehead atoms. The van der Waals surface area contributed by atoms with Crippen molar-refractivity contribution in [1.29, 1.82) is 0 Å². The quantitative estimate of drug-likeness (QED) is 0.817. The molecule has 0 aliphatic carbocycles. The van der Waals surface area contributed by atoms with Crippen LogP contribution >= 0.6 is 0 Å². The molecule has 2 N–H and O–H groups in total. The number of para-hydroxylation sites is 1. The first-order valence-electron chi connectivity index (χ1n) is 8.02. The number of benzene rings is 1. The first-order valence-corrected chi connectivity index (χ1v) is 8.02. The summed E-state index contributed by atoms with van der Waals surface area (Å²) in [6.07, 6.45) is 2.42. The molecule has 0 saturated carbocycles. The van der Waals surface area contributed by atoms with Gasteiger partial charge in [-0.15, -0.1) is 0 Å².